The topological polar surface area (TPSA) is 136 Å². The van der Waals surface area contributed by atoms with Crippen molar-refractivity contribution in [2.75, 3.05) is 0 Å². The summed E-state index contributed by atoms with van der Waals surface area (Å²) in [6, 6.07) is 19.5. The number of carbonyl (C=O) groups excluding carboxylic acids is 2. The van der Waals surface area contributed by atoms with Crippen molar-refractivity contribution < 1.29 is 18.4 Å². The maximum Gasteiger partial charge on any atom is 0.251 e. The van der Waals surface area contributed by atoms with Crippen LogP contribution in [0.1, 0.15) is 98.2 Å². The van der Waals surface area contributed by atoms with E-state index < -0.39 is 0 Å². The van der Waals surface area contributed by atoms with E-state index in [0.717, 1.165) is 59.7 Å². The summed E-state index contributed by atoms with van der Waals surface area (Å²) in [5.41, 5.74) is 9.75. The predicted molar refractivity (Wildman–Crippen MR) is 195 cm³/mol. The van der Waals surface area contributed by atoms with Crippen LogP contribution in [0.4, 0.5) is 0 Å². The maximum atomic E-state index is 12.5. The lowest BCUT2D eigenvalue weighted by atomic mass is 10.0. The fraction of sp³-hybridized carbons (Fsp3) is 0.268. The molecule has 0 radical (unpaired) electrons. The summed E-state index contributed by atoms with van der Waals surface area (Å²) in [7, 11) is 0. The first-order valence-corrected chi connectivity index (χ1v) is 16.8. The minimum atomic E-state index is -0.0595. The lowest BCUT2D eigenvalue weighted by molar-refractivity contribution is 0.0928. The first kappa shape index (κ1) is 34.9. The van der Waals surface area contributed by atoms with Gasteiger partial charge in [0.25, 0.3) is 11.8 Å². The molecule has 10 nitrogen and oxygen atoms in total. The molecule has 4 aromatic heterocycles. The van der Waals surface area contributed by atoms with Gasteiger partial charge in [-0.1, -0.05) is 19.6 Å². The second kappa shape index (κ2) is 14.9. The predicted octanol–water partition coefficient (Wildman–Crippen LogP) is 8.18. The standard InChI is InChI=1S/2C20H19N3O2.CH4/c2*1-12-9-15(7-8-21-12)19(24)23-18-6-4-14-10-16(3-5-17(14)18)20-22-11-13(2)25-20;/h2*3,5,7-11,18H,4,6H2,1-2H3,(H,23,24);1H4/t18-;;/m1../s1. The fourth-order valence-electron chi connectivity index (χ4n) is 6.63. The molecule has 0 bridgehead atoms. The average molecular weight is 683 g/mol. The Morgan fingerprint density at radius 2 is 1.04 bits per heavy atom. The third-order valence-electron chi connectivity index (χ3n) is 9.11. The van der Waals surface area contributed by atoms with E-state index in [4.69, 9.17) is 8.83 Å². The van der Waals surface area contributed by atoms with Crippen LogP contribution < -0.4 is 10.6 Å². The molecule has 8 rings (SSSR count). The number of pyridine rings is 2. The van der Waals surface area contributed by atoms with Crippen LogP contribution in [0.2, 0.25) is 0 Å². The molecule has 0 spiro atoms. The van der Waals surface area contributed by atoms with Gasteiger partial charge in [0.05, 0.1) is 24.5 Å². The van der Waals surface area contributed by atoms with E-state index in [2.05, 4.69) is 54.8 Å². The third-order valence-corrected chi connectivity index (χ3v) is 9.11. The lowest BCUT2D eigenvalue weighted by Crippen LogP contribution is -2.27. The highest BCUT2D eigenvalue weighted by Crippen LogP contribution is 2.35. The molecule has 2 amide bonds. The molecule has 6 aromatic rings. The van der Waals surface area contributed by atoms with Gasteiger partial charge in [0.2, 0.25) is 11.8 Å². The second-order valence-electron chi connectivity index (χ2n) is 12.9. The van der Waals surface area contributed by atoms with Crippen LogP contribution in [0, 0.1) is 27.7 Å². The number of carbonyl (C=O) groups is 2. The summed E-state index contributed by atoms with van der Waals surface area (Å²) < 4.78 is 11.2. The van der Waals surface area contributed by atoms with Gasteiger partial charge in [-0.3, -0.25) is 19.6 Å². The summed E-state index contributed by atoms with van der Waals surface area (Å²) in [5, 5.41) is 6.27. The monoisotopic (exact) mass is 682 g/mol. The number of amides is 2. The largest absolute Gasteiger partial charge is 0.441 e. The number of nitrogens with zero attached hydrogens (tertiary/aromatic N) is 4. The zero-order valence-electron chi connectivity index (χ0n) is 28.5. The van der Waals surface area contributed by atoms with Gasteiger partial charge in [-0.05, 0) is 124 Å². The lowest BCUT2D eigenvalue weighted by Gasteiger charge is -2.14. The van der Waals surface area contributed by atoms with Crippen molar-refractivity contribution in [2.24, 2.45) is 0 Å². The smallest absolute Gasteiger partial charge is 0.251 e. The fourth-order valence-corrected chi connectivity index (χ4v) is 6.63. The van der Waals surface area contributed by atoms with Gasteiger partial charge >= 0.3 is 0 Å². The van der Waals surface area contributed by atoms with E-state index in [1.807, 2.05) is 39.8 Å². The molecule has 1 unspecified atom stereocenters. The van der Waals surface area contributed by atoms with E-state index in [0.29, 0.717) is 22.9 Å². The number of rotatable bonds is 6. The van der Waals surface area contributed by atoms with Gasteiger partial charge in [0, 0.05) is 46.0 Å². The number of hydrogen-bond acceptors (Lipinski definition) is 8. The summed E-state index contributed by atoms with van der Waals surface area (Å²) in [6.45, 7) is 7.54. The van der Waals surface area contributed by atoms with Crippen LogP contribution in [0.15, 0.2) is 94.3 Å². The highest BCUT2D eigenvalue weighted by Gasteiger charge is 2.26. The molecule has 2 N–H and O–H groups in total. The Balaban J connectivity index is 0.000000172. The van der Waals surface area contributed by atoms with Crippen LogP contribution >= 0.6 is 0 Å². The van der Waals surface area contributed by atoms with E-state index in [9.17, 15) is 9.59 Å². The number of benzene rings is 2. The van der Waals surface area contributed by atoms with Crippen LogP contribution in [0.3, 0.4) is 0 Å². The molecule has 260 valence electrons. The minimum Gasteiger partial charge on any atom is -0.441 e. The summed E-state index contributed by atoms with van der Waals surface area (Å²) >= 11 is 0. The van der Waals surface area contributed by atoms with E-state index in [1.165, 1.54) is 22.3 Å². The zero-order chi connectivity index (χ0) is 34.8. The van der Waals surface area contributed by atoms with Crippen LogP contribution in [0.5, 0.6) is 0 Å². The molecule has 0 aliphatic heterocycles. The van der Waals surface area contributed by atoms with Crippen molar-refractivity contribution >= 4 is 11.8 Å². The van der Waals surface area contributed by atoms with Crippen molar-refractivity contribution in [3.8, 4) is 22.9 Å². The Kier molecular flexibility index (Phi) is 10.2. The number of aromatic nitrogens is 4. The quantitative estimate of drug-likeness (QED) is 0.180. The summed E-state index contributed by atoms with van der Waals surface area (Å²) in [4.78, 5) is 41.8. The van der Waals surface area contributed by atoms with Crippen molar-refractivity contribution in [2.45, 2.75) is 72.9 Å². The van der Waals surface area contributed by atoms with Crippen molar-refractivity contribution in [3.63, 3.8) is 0 Å². The summed E-state index contributed by atoms with van der Waals surface area (Å²) in [5.74, 6) is 2.76. The molecule has 2 atom stereocenters. The Morgan fingerprint density at radius 1 is 0.608 bits per heavy atom. The second-order valence-corrected chi connectivity index (χ2v) is 12.9. The first-order valence-electron chi connectivity index (χ1n) is 16.8. The molecular weight excluding hydrogens is 640 g/mol. The first-order chi connectivity index (χ1) is 24.2. The number of oxazole rings is 2. The molecule has 0 saturated heterocycles. The molecule has 2 aliphatic carbocycles. The van der Waals surface area contributed by atoms with E-state index >= 15 is 0 Å². The molecule has 0 fully saturated rings. The average Bonchev–Trinajstić information content (AvgIpc) is 3.92. The number of fused-ring (bicyclic) bond motifs is 2. The van der Waals surface area contributed by atoms with Gasteiger partial charge in [0.1, 0.15) is 11.5 Å². The van der Waals surface area contributed by atoms with Crippen molar-refractivity contribution in [1.29, 1.82) is 0 Å². The molecular formula is C41H42N6O4. The number of hydrogen-bond donors (Lipinski definition) is 2. The molecule has 2 aliphatic rings. The van der Waals surface area contributed by atoms with Crippen LogP contribution in [-0.2, 0) is 12.8 Å². The normalized spacial score (nSPS) is 15.5. The highest BCUT2D eigenvalue weighted by atomic mass is 16.4. The van der Waals surface area contributed by atoms with Gasteiger partial charge < -0.3 is 19.5 Å². The van der Waals surface area contributed by atoms with Gasteiger partial charge in [-0.2, -0.15) is 0 Å². The van der Waals surface area contributed by atoms with Gasteiger partial charge in [0.15, 0.2) is 0 Å². The Bertz CT molecular complexity index is 2050. The molecule has 0 saturated carbocycles. The third kappa shape index (κ3) is 7.80. The Labute approximate surface area is 297 Å². The number of nitrogens with one attached hydrogen (secondary N) is 2. The number of aryl methyl sites for hydroxylation is 6. The highest BCUT2D eigenvalue weighted by molar-refractivity contribution is 5.95. The van der Waals surface area contributed by atoms with Crippen LogP contribution in [-0.4, -0.2) is 31.8 Å². The van der Waals surface area contributed by atoms with E-state index in [1.54, 1.807) is 49.1 Å². The molecule has 4 heterocycles. The van der Waals surface area contributed by atoms with Crippen molar-refractivity contribution in [3.05, 3.63) is 142 Å². The van der Waals surface area contributed by atoms with Crippen LogP contribution in [0.25, 0.3) is 22.9 Å². The molecule has 2 aromatic carbocycles. The Hall–Kier alpha value is -5.90. The summed E-state index contributed by atoms with van der Waals surface area (Å²) in [6.07, 6.45) is 10.4. The zero-order valence-corrected chi connectivity index (χ0v) is 28.5. The van der Waals surface area contributed by atoms with Gasteiger partial charge in [-0.15, -0.1) is 0 Å². The molecule has 10 heteroatoms. The Morgan fingerprint density at radius 3 is 1.41 bits per heavy atom. The maximum absolute atomic E-state index is 12.5. The van der Waals surface area contributed by atoms with E-state index in [-0.39, 0.29) is 31.3 Å². The minimum absolute atomic E-state index is 0. The van der Waals surface area contributed by atoms with Crippen molar-refractivity contribution in [1.82, 2.24) is 30.6 Å². The van der Waals surface area contributed by atoms with Gasteiger partial charge in [-0.25, -0.2) is 9.97 Å². The SMILES string of the molecule is C.Cc1cc(C(=O)NC2CCc3cc(-c4ncc(C)o4)ccc32)ccn1.Cc1cc(C(=O)N[C@@H]2CCc3cc(-c4ncc(C)o4)ccc32)ccn1. The molecule has 51 heavy (non-hydrogen) atoms.